The molecule has 0 radical (unpaired) electrons. The average Bonchev–Trinajstić information content (AvgIpc) is 2.72. The number of halogens is 1. The molecule has 0 aromatic carbocycles. The predicted molar refractivity (Wildman–Crippen MR) is 79.7 cm³/mol. The summed E-state index contributed by atoms with van der Waals surface area (Å²) in [5, 5.41) is 3.03. The van der Waals surface area contributed by atoms with Crippen LogP contribution in [0.1, 0.15) is 33.4 Å². The van der Waals surface area contributed by atoms with Gasteiger partial charge in [0.2, 0.25) is 5.91 Å². The second-order valence-electron chi connectivity index (χ2n) is 6.39. The first-order chi connectivity index (χ1) is 8.76. The van der Waals surface area contributed by atoms with Crippen LogP contribution in [0.25, 0.3) is 0 Å². The number of hydrogen-bond donors (Lipinski definition) is 1. The van der Waals surface area contributed by atoms with Crippen molar-refractivity contribution in [1.82, 2.24) is 10.3 Å². The van der Waals surface area contributed by atoms with E-state index in [0.29, 0.717) is 6.54 Å². The van der Waals surface area contributed by atoms with Crippen molar-refractivity contribution in [2.45, 2.75) is 34.1 Å². The fourth-order valence-corrected chi connectivity index (χ4v) is 3.06. The number of nitrogens with one attached hydrogen (secondary N) is 1. The summed E-state index contributed by atoms with van der Waals surface area (Å²) in [6, 6.07) is 3.94. The van der Waals surface area contributed by atoms with Gasteiger partial charge in [-0.25, -0.2) is 0 Å². The highest BCUT2D eigenvalue weighted by atomic mass is 79.9. The van der Waals surface area contributed by atoms with E-state index >= 15 is 0 Å². The Labute approximate surface area is 123 Å². The SMILES string of the molecule is CC1(C)C(C(=O)NCCc2ccc(Br)cn2)C1(C)C. The molecule has 1 N–H and O–H groups in total. The summed E-state index contributed by atoms with van der Waals surface area (Å²) in [4.78, 5) is 16.4. The van der Waals surface area contributed by atoms with Crippen molar-refractivity contribution < 1.29 is 4.79 Å². The van der Waals surface area contributed by atoms with Gasteiger partial charge in [-0.15, -0.1) is 0 Å². The van der Waals surface area contributed by atoms with Crippen LogP contribution < -0.4 is 5.32 Å². The van der Waals surface area contributed by atoms with E-state index in [-0.39, 0.29) is 22.7 Å². The molecule has 1 aromatic rings. The van der Waals surface area contributed by atoms with Crippen molar-refractivity contribution in [2.75, 3.05) is 6.54 Å². The number of pyridine rings is 1. The topological polar surface area (TPSA) is 42.0 Å². The Hall–Kier alpha value is -0.900. The van der Waals surface area contributed by atoms with Crippen molar-refractivity contribution in [3.05, 3.63) is 28.5 Å². The second kappa shape index (κ2) is 4.89. The minimum absolute atomic E-state index is 0.104. The van der Waals surface area contributed by atoms with E-state index in [1.165, 1.54) is 0 Å². The third kappa shape index (κ3) is 2.69. The summed E-state index contributed by atoms with van der Waals surface area (Å²) in [6.07, 6.45) is 2.55. The van der Waals surface area contributed by atoms with Gasteiger partial charge in [0.15, 0.2) is 0 Å². The van der Waals surface area contributed by atoms with Gasteiger partial charge in [-0.3, -0.25) is 9.78 Å². The molecule has 0 spiro atoms. The zero-order valence-electron chi connectivity index (χ0n) is 12.0. The monoisotopic (exact) mass is 324 g/mol. The smallest absolute Gasteiger partial charge is 0.224 e. The Kier molecular flexibility index (Phi) is 3.74. The first-order valence-corrected chi connectivity index (χ1v) is 7.44. The molecule has 1 aliphatic rings. The largest absolute Gasteiger partial charge is 0.355 e. The summed E-state index contributed by atoms with van der Waals surface area (Å²) in [5.74, 6) is 0.296. The maximum atomic E-state index is 12.1. The maximum absolute atomic E-state index is 12.1. The first kappa shape index (κ1) is 14.5. The molecular formula is C15H21BrN2O. The van der Waals surface area contributed by atoms with Crippen LogP contribution in [0.3, 0.4) is 0 Å². The summed E-state index contributed by atoms with van der Waals surface area (Å²) >= 11 is 3.36. The summed E-state index contributed by atoms with van der Waals surface area (Å²) in [5.41, 5.74) is 1.21. The Morgan fingerprint density at radius 3 is 2.42 bits per heavy atom. The van der Waals surface area contributed by atoms with Crippen LogP contribution in [-0.2, 0) is 11.2 Å². The quantitative estimate of drug-likeness (QED) is 0.924. The molecule has 1 fully saturated rings. The number of amides is 1. The molecule has 0 saturated heterocycles. The highest BCUT2D eigenvalue weighted by molar-refractivity contribution is 9.10. The van der Waals surface area contributed by atoms with Gasteiger partial charge in [-0.1, -0.05) is 27.7 Å². The van der Waals surface area contributed by atoms with Gasteiger partial charge in [-0.2, -0.15) is 0 Å². The molecule has 1 aliphatic carbocycles. The van der Waals surface area contributed by atoms with E-state index in [4.69, 9.17) is 0 Å². The Bertz CT molecular complexity index is 465. The van der Waals surface area contributed by atoms with E-state index in [0.717, 1.165) is 16.6 Å². The lowest BCUT2D eigenvalue weighted by Crippen LogP contribution is -2.29. The molecule has 0 bridgehead atoms. The fraction of sp³-hybridized carbons (Fsp3) is 0.600. The van der Waals surface area contributed by atoms with Crippen LogP contribution in [0, 0.1) is 16.7 Å². The van der Waals surface area contributed by atoms with Crippen molar-refractivity contribution in [3.8, 4) is 0 Å². The number of hydrogen-bond acceptors (Lipinski definition) is 2. The Morgan fingerprint density at radius 1 is 1.32 bits per heavy atom. The second-order valence-corrected chi connectivity index (χ2v) is 7.30. The van der Waals surface area contributed by atoms with Crippen LogP contribution in [0.15, 0.2) is 22.8 Å². The third-order valence-electron chi connectivity index (χ3n) is 4.75. The van der Waals surface area contributed by atoms with E-state index in [2.05, 4.69) is 53.9 Å². The van der Waals surface area contributed by atoms with Crippen LogP contribution in [0.5, 0.6) is 0 Å². The minimum atomic E-state index is 0.104. The summed E-state index contributed by atoms with van der Waals surface area (Å²) < 4.78 is 0.974. The van der Waals surface area contributed by atoms with Gasteiger partial charge in [0.25, 0.3) is 0 Å². The van der Waals surface area contributed by atoms with E-state index in [1.54, 1.807) is 6.20 Å². The van der Waals surface area contributed by atoms with Crippen LogP contribution in [-0.4, -0.2) is 17.4 Å². The number of carbonyl (C=O) groups is 1. The lowest BCUT2D eigenvalue weighted by molar-refractivity contribution is -0.123. The van der Waals surface area contributed by atoms with Crippen LogP contribution in [0.2, 0.25) is 0 Å². The number of aromatic nitrogens is 1. The molecule has 19 heavy (non-hydrogen) atoms. The Balaban J connectivity index is 1.81. The fourth-order valence-electron chi connectivity index (χ4n) is 2.82. The molecule has 3 nitrogen and oxygen atoms in total. The average molecular weight is 325 g/mol. The standard InChI is InChI=1S/C15H21BrN2O/c1-14(2)12(15(14,3)4)13(19)17-8-7-11-6-5-10(16)9-18-11/h5-6,9,12H,7-8H2,1-4H3,(H,17,19). The predicted octanol–water partition coefficient (Wildman–Crippen LogP) is 3.19. The Morgan fingerprint density at radius 2 is 1.95 bits per heavy atom. The van der Waals surface area contributed by atoms with E-state index in [9.17, 15) is 4.79 Å². The van der Waals surface area contributed by atoms with Gasteiger partial charge in [0.05, 0.1) is 0 Å². The van der Waals surface area contributed by atoms with Crippen LogP contribution in [0.4, 0.5) is 0 Å². The molecule has 2 rings (SSSR count). The van der Waals surface area contributed by atoms with Crippen molar-refractivity contribution in [3.63, 3.8) is 0 Å². The van der Waals surface area contributed by atoms with Gasteiger partial charge in [-0.05, 0) is 38.9 Å². The van der Waals surface area contributed by atoms with Gasteiger partial charge in [0, 0.05) is 35.2 Å². The molecule has 1 saturated carbocycles. The molecule has 0 aliphatic heterocycles. The normalized spacial score (nSPS) is 20.1. The highest BCUT2D eigenvalue weighted by Crippen LogP contribution is 2.68. The lowest BCUT2D eigenvalue weighted by Gasteiger charge is -2.06. The molecule has 1 amide bonds. The maximum Gasteiger partial charge on any atom is 0.224 e. The zero-order valence-corrected chi connectivity index (χ0v) is 13.5. The molecule has 0 atom stereocenters. The summed E-state index contributed by atoms with van der Waals surface area (Å²) in [7, 11) is 0. The molecular weight excluding hydrogens is 304 g/mol. The molecule has 0 unspecified atom stereocenters. The molecule has 4 heteroatoms. The van der Waals surface area contributed by atoms with Crippen molar-refractivity contribution in [2.24, 2.45) is 16.7 Å². The number of carbonyl (C=O) groups excluding carboxylic acids is 1. The molecule has 1 heterocycles. The van der Waals surface area contributed by atoms with Gasteiger partial charge in [0.1, 0.15) is 0 Å². The summed E-state index contributed by atoms with van der Waals surface area (Å²) in [6.45, 7) is 9.29. The first-order valence-electron chi connectivity index (χ1n) is 6.65. The zero-order chi connectivity index (χ0) is 14.3. The van der Waals surface area contributed by atoms with Gasteiger partial charge >= 0.3 is 0 Å². The minimum Gasteiger partial charge on any atom is -0.355 e. The molecule has 104 valence electrons. The van der Waals surface area contributed by atoms with Crippen LogP contribution >= 0.6 is 15.9 Å². The number of rotatable bonds is 4. The van der Waals surface area contributed by atoms with Crippen molar-refractivity contribution in [1.29, 1.82) is 0 Å². The van der Waals surface area contributed by atoms with Crippen molar-refractivity contribution >= 4 is 21.8 Å². The third-order valence-corrected chi connectivity index (χ3v) is 5.22. The molecule has 1 aromatic heterocycles. The van der Waals surface area contributed by atoms with E-state index in [1.807, 2.05) is 12.1 Å². The number of nitrogens with zero attached hydrogens (tertiary/aromatic N) is 1. The highest BCUT2D eigenvalue weighted by Gasteiger charge is 2.68. The van der Waals surface area contributed by atoms with Gasteiger partial charge < -0.3 is 5.32 Å². The van der Waals surface area contributed by atoms with E-state index < -0.39 is 0 Å². The lowest BCUT2D eigenvalue weighted by atomic mass is 10.0.